The van der Waals surface area contributed by atoms with E-state index in [0.717, 1.165) is 12.8 Å². The Bertz CT molecular complexity index is 202. The van der Waals surface area contributed by atoms with Gasteiger partial charge in [-0.05, 0) is 24.8 Å². The van der Waals surface area contributed by atoms with Crippen molar-refractivity contribution >= 4 is 5.91 Å². The Labute approximate surface area is 82.9 Å². The standard InChI is InChI=1S/C8H16N4O2/c9-12-11-6-2-1-4-8(14)10-5-3-7-13/h13H,1-7H2,(H,10,14). The first-order valence-corrected chi connectivity index (χ1v) is 4.69. The van der Waals surface area contributed by atoms with Gasteiger partial charge in [0.25, 0.3) is 0 Å². The number of amides is 1. The molecular formula is C8H16N4O2. The van der Waals surface area contributed by atoms with Crippen LogP contribution in [-0.4, -0.2) is 30.7 Å². The van der Waals surface area contributed by atoms with Crippen LogP contribution in [0.15, 0.2) is 5.11 Å². The average Bonchev–Trinajstić information content (AvgIpc) is 2.18. The van der Waals surface area contributed by atoms with E-state index in [1.807, 2.05) is 0 Å². The quantitative estimate of drug-likeness (QED) is 0.264. The van der Waals surface area contributed by atoms with E-state index in [4.69, 9.17) is 10.6 Å². The fraction of sp³-hybridized carbons (Fsp3) is 0.875. The number of carbonyl (C=O) groups excluding carboxylic acids is 1. The molecule has 1 amide bonds. The second-order valence-corrected chi connectivity index (χ2v) is 2.84. The summed E-state index contributed by atoms with van der Waals surface area (Å²) in [4.78, 5) is 13.7. The predicted octanol–water partition coefficient (Wildman–Crippen LogP) is 0.966. The van der Waals surface area contributed by atoms with Crippen LogP contribution >= 0.6 is 0 Å². The van der Waals surface area contributed by atoms with Gasteiger partial charge in [-0.2, -0.15) is 0 Å². The number of unbranched alkanes of at least 4 members (excludes halogenated alkanes) is 1. The average molecular weight is 200 g/mol. The lowest BCUT2D eigenvalue weighted by molar-refractivity contribution is -0.121. The number of aliphatic hydroxyl groups excluding tert-OH is 1. The molecule has 0 saturated carbocycles. The number of aliphatic hydroxyl groups is 1. The number of nitrogens with one attached hydrogen (secondary N) is 1. The van der Waals surface area contributed by atoms with Crippen molar-refractivity contribution in [3.8, 4) is 0 Å². The molecule has 14 heavy (non-hydrogen) atoms. The summed E-state index contributed by atoms with van der Waals surface area (Å²) in [6, 6.07) is 0. The molecule has 0 bridgehead atoms. The second kappa shape index (κ2) is 9.83. The maximum absolute atomic E-state index is 11.1. The summed E-state index contributed by atoms with van der Waals surface area (Å²) in [6.45, 7) is 1.06. The Balaban J connectivity index is 3.22. The van der Waals surface area contributed by atoms with E-state index in [1.165, 1.54) is 0 Å². The molecule has 0 fully saturated rings. The summed E-state index contributed by atoms with van der Waals surface area (Å²) < 4.78 is 0. The number of hydrogen-bond acceptors (Lipinski definition) is 3. The molecule has 0 atom stereocenters. The van der Waals surface area contributed by atoms with Crippen molar-refractivity contribution in [1.82, 2.24) is 5.32 Å². The van der Waals surface area contributed by atoms with E-state index in [1.54, 1.807) is 0 Å². The Kier molecular flexibility index (Phi) is 8.94. The minimum Gasteiger partial charge on any atom is -0.396 e. The van der Waals surface area contributed by atoms with Crippen LogP contribution < -0.4 is 5.32 Å². The lowest BCUT2D eigenvalue weighted by Gasteiger charge is -2.02. The van der Waals surface area contributed by atoms with Gasteiger partial charge in [0, 0.05) is 31.0 Å². The first kappa shape index (κ1) is 12.7. The molecule has 0 saturated heterocycles. The van der Waals surface area contributed by atoms with E-state index in [-0.39, 0.29) is 12.5 Å². The van der Waals surface area contributed by atoms with Gasteiger partial charge in [-0.3, -0.25) is 4.79 Å². The van der Waals surface area contributed by atoms with E-state index in [0.29, 0.717) is 25.9 Å². The fourth-order valence-corrected chi connectivity index (χ4v) is 0.908. The molecule has 0 aliphatic heterocycles. The van der Waals surface area contributed by atoms with Crippen molar-refractivity contribution in [2.24, 2.45) is 5.11 Å². The van der Waals surface area contributed by atoms with E-state index < -0.39 is 0 Å². The van der Waals surface area contributed by atoms with Crippen LogP contribution in [0.3, 0.4) is 0 Å². The largest absolute Gasteiger partial charge is 0.396 e. The van der Waals surface area contributed by atoms with Crippen molar-refractivity contribution < 1.29 is 9.90 Å². The first-order chi connectivity index (χ1) is 6.81. The molecule has 0 rings (SSSR count). The Hall–Kier alpha value is -1.26. The fourth-order valence-electron chi connectivity index (χ4n) is 0.908. The molecular weight excluding hydrogens is 184 g/mol. The Morgan fingerprint density at radius 1 is 1.43 bits per heavy atom. The van der Waals surface area contributed by atoms with Crippen molar-refractivity contribution in [2.75, 3.05) is 19.7 Å². The Morgan fingerprint density at radius 3 is 2.86 bits per heavy atom. The molecule has 0 aromatic heterocycles. The van der Waals surface area contributed by atoms with E-state index >= 15 is 0 Å². The van der Waals surface area contributed by atoms with Crippen molar-refractivity contribution in [1.29, 1.82) is 0 Å². The second-order valence-electron chi connectivity index (χ2n) is 2.84. The summed E-state index contributed by atoms with van der Waals surface area (Å²) in [5.41, 5.74) is 7.97. The molecule has 2 N–H and O–H groups in total. The van der Waals surface area contributed by atoms with E-state index in [9.17, 15) is 4.79 Å². The molecule has 6 heteroatoms. The maximum atomic E-state index is 11.1. The van der Waals surface area contributed by atoms with Gasteiger partial charge in [-0.25, -0.2) is 0 Å². The summed E-state index contributed by atoms with van der Waals surface area (Å²) in [7, 11) is 0. The number of nitrogens with zero attached hydrogens (tertiary/aromatic N) is 3. The number of azide groups is 1. The van der Waals surface area contributed by atoms with Crippen LogP contribution in [0.5, 0.6) is 0 Å². The zero-order valence-electron chi connectivity index (χ0n) is 8.15. The minimum absolute atomic E-state index is 0.0145. The predicted molar refractivity (Wildman–Crippen MR) is 52.6 cm³/mol. The monoisotopic (exact) mass is 200 g/mol. The molecule has 0 aliphatic carbocycles. The van der Waals surface area contributed by atoms with Gasteiger partial charge in [0.2, 0.25) is 5.91 Å². The van der Waals surface area contributed by atoms with Gasteiger partial charge in [0.15, 0.2) is 0 Å². The highest BCUT2D eigenvalue weighted by Crippen LogP contribution is 1.95. The highest BCUT2D eigenvalue weighted by Gasteiger charge is 1.98. The molecule has 0 aliphatic rings. The van der Waals surface area contributed by atoms with E-state index in [2.05, 4.69) is 15.3 Å². The smallest absolute Gasteiger partial charge is 0.219 e. The molecule has 0 aromatic rings. The highest BCUT2D eigenvalue weighted by molar-refractivity contribution is 5.75. The molecule has 6 nitrogen and oxygen atoms in total. The lowest BCUT2D eigenvalue weighted by Crippen LogP contribution is -2.24. The molecule has 80 valence electrons. The topological polar surface area (TPSA) is 98.1 Å². The SMILES string of the molecule is [N-]=[N+]=NCCCCC(=O)NCCCO. The van der Waals surface area contributed by atoms with Gasteiger partial charge in [0.05, 0.1) is 0 Å². The molecule has 0 radical (unpaired) electrons. The third-order valence-corrected chi connectivity index (χ3v) is 1.63. The summed E-state index contributed by atoms with van der Waals surface area (Å²) in [5, 5.41) is 14.5. The van der Waals surface area contributed by atoms with Crippen LogP contribution in [0.1, 0.15) is 25.7 Å². The van der Waals surface area contributed by atoms with Crippen LogP contribution in [0, 0.1) is 0 Å². The normalized spacial score (nSPS) is 9.21. The number of rotatable bonds is 8. The van der Waals surface area contributed by atoms with Gasteiger partial charge >= 0.3 is 0 Å². The molecule has 0 spiro atoms. The van der Waals surface area contributed by atoms with Crippen molar-refractivity contribution in [3.63, 3.8) is 0 Å². The Morgan fingerprint density at radius 2 is 2.21 bits per heavy atom. The zero-order chi connectivity index (χ0) is 10.6. The minimum atomic E-state index is -0.0145. The molecule has 0 heterocycles. The van der Waals surface area contributed by atoms with Gasteiger partial charge in [-0.15, -0.1) is 0 Å². The van der Waals surface area contributed by atoms with Crippen molar-refractivity contribution in [2.45, 2.75) is 25.7 Å². The van der Waals surface area contributed by atoms with Crippen LogP contribution in [0.2, 0.25) is 0 Å². The van der Waals surface area contributed by atoms with Gasteiger partial charge in [-0.1, -0.05) is 5.11 Å². The third kappa shape index (κ3) is 8.83. The van der Waals surface area contributed by atoms with Crippen LogP contribution in [0.4, 0.5) is 0 Å². The summed E-state index contributed by atoms with van der Waals surface area (Å²) in [6.07, 6.45) is 2.50. The summed E-state index contributed by atoms with van der Waals surface area (Å²) in [5.74, 6) is -0.0145. The maximum Gasteiger partial charge on any atom is 0.219 e. The number of hydrogen-bond donors (Lipinski definition) is 2. The first-order valence-electron chi connectivity index (χ1n) is 4.69. The summed E-state index contributed by atoms with van der Waals surface area (Å²) >= 11 is 0. The van der Waals surface area contributed by atoms with Gasteiger partial charge in [0.1, 0.15) is 0 Å². The third-order valence-electron chi connectivity index (χ3n) is 1.63. The molecule has 0 aromatic carbocycles. The van der Waals surface area contributed by atoms with Crippen molar-refractivity contribution in [3.05, 3.63) is 10.4 Å². The van der Waals surface area contributed by atoms with Crippen LogP contribution in [-0.2, 0) is 4.79 Å². The number of carbonyl (C=O) groups is 1. The molecule has 0 unspecified atom stereocenters. The highest BCUT2D eigenvalue weighted by atomic mass is 16.3. The van der Waals surface area contributed by atoms with Gasteiger partial charge < -0.3 is 10.4 Å². The zero-order valence-corrected chi connectivity index (χ0v) is 8.15. The van der Waals surface area contributed by atoms with Crippen LogP contribution in [0.25, 0.3) is 10.4 Å². The lowest BCUT2D eigenvalue weighted by atomic mass is 10.2.